The second-order valence-corrected chi connectivity index (χ2v) is 6.48. The summed E-state index contributed by atoms with van der Waals surface area (Å²) in [6.07, 6.45) is 3.79. The Kier molecular flexibility index (Phi) is 3.81. The van der Waals surface area contributed by atoms with Gasteiger partial charge in [0.1, 0.15) is 5.65 Å². The van der Waals surface area contributed by atoms with Gasteiger partial charge in [0.05, 0.1) is 5.56 Å². The number of nitrogens with one attached hydrogen (secondary N) is 1. The van der Waals surface area contributed by atoms with Gasteiger partial charge in [-0.25, -0.2) is 9.78 Å². The fraction of sp³-hybridized carbons (Fsp3) is 0.0909. The van der Waals surface area contributed by atoms with Crippen molar-refractivity contribution in [3.8, 4) is 22.3 Å². The maximum absolute atomic E-state index is 11.4. The molecule has 4 heteroatoms. The van der Waals surface area contributed by atoms with Crippen LogP contribution >= 0.6 is 0 Å². The number of benzene rings is 2. The SMILES string of the molecule is Cc1cc(-c2c[nH]c3ncc(-c4ccccc4)cc23)cc(C)c1C(=O)O. The molecule has 0 aliphatic rings. The Morgan fingerprint density at radius 3 is 2.31 bits per heavy atom. The molecule has 4 nitrogen and oxygen atoms in total. The van der Waals surface area contributed by atoms with Crippen molar-refractivity contribution in [3.05, 3.63) is 77.6 Å². The largest absolute Gasteiger partial charge is 0.478 e. The number of hydrogen-bond acceptors (Lipinski definition) is 2. The topological polar surface area (TPSA) is 66.0 Å². The van der Waals surface area contributed by atoms with Crippen molar-refractivity contribution >= 4 is 17.0 Å². The third-order valence-electron chi connectivity index (χ3n) is 4.70. The first kappa shape index (κ1) is 16.1. The van der Waals surface area contributed by atoms with E-state index in [9.17, 15) is 9.90 Å². The number of aromatic nitrogens is 2. The Bertz CT molecular complexity index is 1100. The molecule has 0 atom stereocenters. The zero-order valence-corrected chi connectivity index (χ0v) is 14.6. The molecule has 2 aromatic carbocycles. The number of carbonyl (C=O) groups is 1. The van der Waals surface area contributed by atoms with Crippen molar-refractivity contribution in [2.75, 3.05) is 0 Å². The van der Waals surface area contributed by atoms with E-state index in [1.54, 1.807) is 0 Å². The van der Waals surface area contributed by atoms with Gasteiger partial charge in [-0.2, -0.15) is 0 Å². The predicted molar refractivity (Wildman–Crippen MR) is 103 cm³/mol. The molecule has 0 aliphatic heterocycles. The number of pyridine rings is 1. The summed E-state index contributed by atoms with van der Waals surface area (Å²) in [4.78, 5) is 19.2. The number of nitrogens with zero attached hydrogens (tertiary/aromatic N) is 1. The molecule has 26 heavy (non-hydrogen) atoms. The second-order valence-electron chi connectivity index (χ2n) is 6.48. The molecule has 0 amide bonds. The molecular formula is C22H18N2O2. The zero-order valence-electron chi connectivity index (χ0n) is 14.6. The van der Waals surface area contributed by atoms with E-state index in [0.29, 0.717) is 5.56 Å². The van der Waals surface area contributed by atoms with Crippen LogP contribution in [0.2, 0.25) is 0 Å². The maximum Gasteiger partial charge on any atom is 0.336 e. The number of aromatic carboxylic acids is 1. The molecule has 4 aromatic rings. The molecule has 2 heterocycles. The van der Waals surface area contributed by atoms with Crippen molar-refractivity contribution in [2.45, 2.75) is 13.8 Å². The quantitative estimate of drug-likeness (QED) is 0.537. The number of H-pyrrole nitrogens is 1. The van der Waals surface area contributed by atoms with E-state index < -0.39 is 5.97 Å². The van der Waals surface area contributed by atoms with Crippen LogP contribution in [0.5, 0.6) is 0 Å². The van der Waals surface area contributed by atoms with E-state index in [2.05, 4.69) is 28.2 Å². The van der Waals surface area contributed by atoms with Crippen molar-refractivity contribution in [1.29, 1.82) is 0 Å². The monoisotopic (exact) mass is 342 g/mol. The standard InChI is InChI=1S/C22H18N2O2/c1-13-8-16(9-14(2)20(13)22(25)26)19-12-24-21-18(19)10-17(11-23-21)15-6-4-3-5-7-15/h3-12H,1-2H3,(H,23,24)(H,25,26). The third-order valence-corrected chi connectivity index (χ3v) is 4.70. The van der Waals surface area contributed by atoms with Gasteiger partial charge in [-0.15, -0.1) is 0 Å². The molecule has 0 radical (unpaired) electrons. The molecule has 4 rings (SSSR count). The number of carboxylic acids is 1. The molecule has 0 spiro atoms. The minimum atomic E-state index is -0.890. The molecule has 0 saturated heterocycles. The van der Waals surface area contributed by atoms with Crippen LogP contribution in [0, 0.1) is 13.8 Å². The van der Waals surface area contributed by atoms with Gasteiger partial charge in [-0.1, -0.05) is 42.5 Å². The van der Waals surface area contributed by atoms with Gasteiger partial charge in [0.15, 0.2) is 0 Å². The number of rotatable bonds is 3. The fourth-order valence-electron chi connectivity index (χ4n) is 3.49. The van der Waals surface area contributed by atoms with Crippen molar-refractivity contribution in [2.24, 2.45) is 0 Å². The highest BCUT2D eigenvalue weighted by atomic mass is 16.4. The van der Waals surface area contributed by atoms with Crippen LogP contribution in [0.4, 0.5) is 0 Å². The van der Waals surface area contributed by atoms with Crippen LogP contribution in [0.1, 0.15) is 21.5 Å². The van der Waals surface area contributed by atoms with Crippen molar-refractivity contribution in [1.82, 2.24) is 9.97 Å². The number of aromatic amines is 1. The molecule has 128 valence electrons. The third kappa shape index (κ3) is 2.65. The normalized spacial score (nSPS) is 11.0. The van der Waals surface area contributed by atoms with Crippen LogP contribution in [-0.2, 0) is 0 Å². The Balaban J connectivity index is 1.89. The lowest BCUT2D eigenvalue weighted by atomic mass is 9.95. The Morgan fingerprint density at radius 1 is 0.962 bits per heavy atom. The maximum atomic E-state index is 11.4. The van der Waals surface area contributed by atoms with E-state index in [-0.39, 0.29) is 0 Å². The summed E-state index contributed by atoms with van der Waals surface area (Å²) in [6, 6.07) is 16.1. The Hall–Kier alpha value is -3.40. The lowest BCUT2D eigenvalue weighted by Crippen LogP contribution is -2.03. The van der Waals surface area contributed by atoms with Crippen molar-refractivity contribution < 1.29 is 9.90 Å². The summed E-state index contributed by atoms with van der Waals surface area (Å²) in [6.45, 7) is 3.67. The summed E-state index contributed by atoms with van der Waals surface area (Å²) >= 11 is 0. The summed E-state index contributed by atoms with van der Waals surface area (Å²) in [5.41, 5.74) is 6.88. The molecule has 0 aliphatic carbocycles. The van der Waals surface area contributed by atoms with E-state index in [0.717, 1.165) is 44.4 Å². The van der Waals surface area contributed by atoms with Gasteiger partial charge in [0, 0.05) is 28.9 Å². The lowest BCUT2D eigenvalue weighted by Gasteiger charge is -2.09. The van der Waals surface area contributed by atoms with Gasteiger partial charge in [0.25, 0.3) is 0 Å². The predicted octanol–water partition coefficient (Wildman–Crippen LogP) is 5.21. The first-order chi connectivity index (χ1) is 12.5. The van der Waals surface area contributed by atoms with E-state index >= 15 is 0 Å². The van der Waals surface area contributed by atoms with Crippen LogP contribution in [0.15, 0.2) is 60.9 Å². The first-order valence-electron chi connectivity index (χ1n) is 8.42. The molecule has 2 aromatic heterocycles. The van der Waals surface area contributed by atoms with Gasteiger partial charge >= 0.3 is 5.97 Å². The Morgan fingerprint density at radius 2 is 1.65 bits per heavy atom. The second kappa shape index (κ2) is 6.15. The van der Waals surface area contributed by atoms with Crippen LogP contribution in [-0.4, -0.2) is 21.0 Å². The highest BCUT2D eigenvalue weighted by Gasteiger charge is 2.15. The number of hydrogen-bond donors (Lipinski definition) is 2. The number of fused-ring (bicyclic) bond motifs is 1. The molecular weight excluding hydrogens is 324 g/mol. The van der Waals surface area contributed by atoms with Crippen LogP contribution in [0.3, 0.4) is 0 Å². The summed E-state index contributed by atoms with van der Waals surface area (Å²) in [7, 11) is 0. The van der Waals surface area contributed by atoms with E-state index in [4.69, 9.17) is 0 Å². The molecule has 0 fully saturated rings. The molecule has 0 bridgehead atoms. The molecule has 0 saturated carbocycles. The first-order valence-corrected chi connectivity index (χ1v) is 8.42. The van der Waals surface area contributed by atoms with Crippen LogP contribution < -0.4 is 0 Å². The van der Waals surface area contributed by atoms with E-state index in [1.165, 1.54) is 0 Å². The highest BCUT2D eigenvalue weighted by Crippen LogP contribution is 2.33. The fourth-order valence-corrected chi connectivity index (χ4v) is 3.49. The number of carboxylic acid groups (broad SMARTS) is 1. The number of aryl methyl sites for hydroxylation is 2. The van der Waals surface area contributed by atoms with Gasteiger partial charge in [-0.05, 0) is 42.2 Å². The summed E-state index contributed by atoms with van der Waals surface area (Å²) in [5.74, 6) is -0.890. The molecule has 2 N–H and O–H groups in total. The Labute approximate surface area is 151 Å². The lowest BCUT2D eigenvalue weighted by molar-refractivity contribution is 0.0695. The van der Waals surface area contributed by atoms with Gasteiger partial charge in [0.2, 0.25) is 0 Å². The average Bonchev–Trinajstić information content (AvgIpc) is 3.04. The zero-order chi connectivity index (χ0) is 18.3. The van der Waals surface area contributed by atoms with Crippen LogP contribution in [0.25, 0.3) is 33.3 Å². The highest BCUT2D eigenvalue weighted by molar-refractivity contribution is 5.98. The van der Waals surface area contributed by atoms with Gasteiger partial charge < -0.3 is 10.1 Å². The average molecular weight is 342 g/mol. The minimum absolute atomic E-state index is 0.372. The minimum Gasteiger partial charge on any atom is -0.478 e. The van der Waals surface area contributed by atoms with E-state index in [1.807, 2.05) is 56.6 Å². The van der Waals surface area contributed by atoms with Crippen molar-refractivity contribution in [3.63, 3.8) is 0 Å². The summed E-state index contributed by atoms with van der Waals surface area (Å²) < 4.78 is 0. The molecule has 0 unspecified atom stereocenters. The smallest absolute Gasteiger partial charge is 0.336 e. The summed E-state index contributed by atoms with van der Waals surface area (Å²) in [5, 5.41) is 10.4. The van der Waals surface area contributed by atoms with Gasteiger partial charge in [-0.3, -0.25) is 0 Å².